The highest BCUT2D eigenvalue weighted by atomic mass is 32.1. The van der Waals surface area contributed by atoms with E-state index in [2.05, 4.69) is 150 Å². The van der Waals surface area contributed by atoms with E-state index in [1.165, 1.54) is 65.6 Å². The Bertz CT molecular complexity index is 1900. The molecule has 0 saturated carbocycles. The van der Waals surface area contributed by atoms with Gasteiger partial charge in [0.05, 0.1) is 27.8 Å². The molecule has 4 aromatic carbocycles. The fourth-order valence-electron chi connectivity index (χ4n) is 6.10. The molecule has 0 saturated heterocycles. The Morgan fingerprint density at radius 2 is 1.40 bits per heavy atom. The van der Waals surface area contributed by atoms with Gasteiger partial charge in [0.25, 0.3) is 5.82 Å². The number of fused-ring (bicyclic) bond motifs is 2. The molecule has 42 heavy (non-hydrogen) atoms. The predicted octanol–water partition coefficient (Wildman–Crippen LogP) is 10.3. The first-order chi connectivity index (χ1) is 20.0. The van der Waals surface area contributed by atoms with Crippen molar-refractivity contribution in [3.05, 3.63) is 101 Å². The number of hydrogen-bond acceptors (Lipinski definition) is 2. The van der Waals surface area contributed by atoms with Crippen molar-refractivity contribution in [1.29, 1.82) is 0 Å². The van der Waals surface area contributed by atoms with Gasteiger partial charge >= 0.3 is 0 Å². The molecule has 0 unspecified atom stereocenters. The Labute approximate surface area is 254 Å². The van der Waals surface area contributed by atoms with E-state index in [1.54, 1.807) is 0 Å². The van der Waals surface area contributed by atoms with Crippen LogP contribution in [-0.4, -0.2) is 9.55 Å². The number of hydrogen-bond donors (Lipinski definition) is 0. The van der Waals surface area contributed by atoms with Crippen molar-refractivity contribution in [2.45, 2.75) is 72.6 Å². The van der Waals surface area contributed by atoms with Gasteiger partial charge in [0.2, 0.25) is 0 Å². The van der Waals surface area contributed by atoms with E-state index in [0.717, 1.165) is 5.52 Å². The number of thiazole rings is 1. The van der Waals surface area contributed by atoms with Crippen molar-refractivity contribution in [3.63, 3.8) is 0 Å². The monoisotopic (exact) mass is 572 g/mol. The summed E-state index contributed by atoms with van der Waals surface area (Å²) in [5.41, 5.74) is 12.7. The number of aromatic nitrogens is 3. The molecule has 0 N–H and O–H groups in total. The third-order valence-electron chi connectivity index (χ3n) is 8.37. The first-order valence-electron chi connectivity index (χ1n) is 15.1. The zero-order valence-corrected chi connectivity index (χ0v) is 27.2. The average Bonchev–Trinajstić information content (AvgIpc) is 3.50. The Balaban J connectivity index is 1.72. The molecule has 0 aliphatic carbocycles. The smallest absolute Gasteiger partial charge is 0.241 e. The first kappa shape index (κ1) is 28.4. The molecule has 6 aromatic rings. The van der Waals surface area contributed by atoms with Crippen LogP contribution in [0.4, 0.5) is 0 Å². The second-order valence-corrected chi connectivity index (χ2v) is 14.3. The molecule has 0 spiro atoms. The van der Waals surface area contributed by atoms with Crippen molar-refractivity contribution in [1.82, 2.24) is 9.55 Å². The third-order valence-corrected chi connectivity index (χ3v) is 9.82. The van der Waals surface area contributed by atoms with E-state index in [4.69, 9.17) is 4.98 Å². The van der Waals surface area contributed by atoms with Crippen molar-refractivity contribution in [3.8, 4) is 28.2 Å². The fourth-order valence-corrected chi connectivity index (χ4v) is 7.14. The van der Waals surface area contributed by atoms with Crippen LogP contribution in [0.5, 0.6) is 0 Å². The molecule has 0 atom stereocenters. The Kier molecular flexibility index (Phi) is 7.09. The molecule has 2 heterocycles. The molecular weight excluding hydrogens is 531 g/mol. The molecule has 4 heteroatoms. The largest absolute Gasteiger partial charge is 0.295 e. The zero-order valence-electron chi connectivity index (χ0n) is 26.4. The van der Waals surface area contributed by atoms with E-state index in [0.29, 0.717) is 11.8 Å². The number of rotatable bonds is 5. The van der Waals surface area contributed by atoms with Gasteiger partial charge < -0.3 is 0 Å². The van der Waals surface area contributed by atoms with Gasteiger partial charge in [-0.15, -0.1) is 11.3 Å². The minimum Gasteiger partial charge on any atom is -0.241 e. The SMILES string of the molecule is Cc1cc2nc(C(C)(C)C)sc2cc1-c1n(-c2c(C(C)C)cc(-c3ccccc3)cc2C(C)C)c2ccccc2[n+]1C. The molecule has 3 nitrogen and oxygen atoms in total. The number of aryl methyl sites for hydroxylation is 2. The van der Waals surface area contributed by atoms with Crippen molar-refractivity contribution in [2.75, 3.05) is 0 Å². The highest BCUT2D eigenvalue weighted by molar-refractivity contribution is 7.18. The van der Waals surface area contributed by atoms with Gasteiger partial charge in [-0.25, -0.2) is 9.55 Å². The summed E-state index contributed by atoms with van der Waals surface area (Å²) in [4.78, 5) is 5.04. The fraction of sp³-hybridized carbons (Fsp3) is 0.316. The average molecular weight is 573 g/mol. The summed E-state index contributed by atoms with van der Waals surface area (Å²) >= 11 is 1.82. The normalized spacial score (nSPS) is 12.4. The summed E-state index contributed by atoms with van der Waals surface area (Å²) in [5, 5.41) is 1.18. The standard InChI is InChI=1S/C38H42N3S/c1-23(2)28-20-27(26-15-11-10-12-16-26)21-29(24(3)4)35(28)41-33-18-14-13-17-32(33)40(9)36(41)30-22-34-31(19-25(30)5)39-37(42-34)38(6,7)8/h10-24H,1-9H3/q+1. The Hall–Kier alpha value is -3.76. The Morgan fingerprint density at radius 1 is 0.786 bits per heavy atom. The Morgan fingerprint density at radius 3 is 2.02 bits per heavy atom. The maximum atomic E-state index is 5.04. The molecule has 0 fully saturated rings. The van der Waals surface area contributed by atoms with E-state index < -0.39 is 0 Å². The highest BCUT2D eigenvalue weighted by Crippen LogP contribution is 2.41. The van der Waals surface area contributed by atoms with E-state index in [-0.39, 0.29) is 5.41 Å². The first-order valence-corrected chi connectivity index (χ1v) is 15.9. The minimum absolute atomic E-state index is 0.0240. The molecule has 0 bridgehead atoms. The van der Waals surface area contributed by atoms with Gasteiger partial charge in [-0.05, 0) is 71.8 Å². The summed E-state index contributed by atoms with van der Waals surface area (Å²) < 4.78 is 6.17. The van der Waals surface area contributed by atoms with Crippen molar-refractivity contribution >= 4 is 32.6 Å². The second kappa shape index (κ2) is 10.5. The van der Waals surface area contributed by atoms with Gasteiger partial charge in [0.1, 0.15) is 5.69 Å². The molecule has 2 aromatic heterocycles. The molecule has 214 valence electrons. The molecule has 0 amide bonds. The van der Waals surface area contributed by atoms with Crippen LogP contribution >= 0.6 is 11.3 Å². The molecule has 0 aliphatic rings. The zero-order chi connectivity index (χ0) is 29.9. The summed E-state index contributed by atoms with van der Waals surface area (Å²) in [7, 11) is 2.22. The van der Waals surface area contributed by atoms with Gasteiger partial charge in [-0.1, -0.05) is 90.9 Å². The predicted molar refractivity (Wildman–Crippen MR) is 180 cm³/mol. The van der Waals surface area contributed by atoms with E-state index in [1.807, 2.05) is 11.3 Å². The van der Waals surface area contributed by atoms with Crippen LogP contribution in [0, 0.1) is 6.92 Å². The van der Waals surface area contributed by atoms with Crippen molar-refractivity contribution < 1.29 is 4.57 Å². The topological polar surface area (TPSA) is 21.7 Å². The van der Waals surface area contributed by atoms with Gasteiger partial charge in [-0.3, -0.25) is 0 Å². The van der Waals surface area contributed by atoms with Crippen LogP contribution < -0.4 is 4.57 Å². The van der Waals surface area contributed by atoms with E-state index >= 15 is 0 Å². The lowest BCUT2D eigenvalue weighted by atomic mass is 9.88. The number of imidazole rings is 1. The van der Waals surface area contributed by atoms with Crippen LogP contribution in [0.25, 0.3) is 49.5 Å². The quantitative estimate of drug-likeness (QED) is 0.188. The molecular formula is C38H42N3S+. The second-order valence-electron chi connectivity index (χ2n) is 13.3. The van der Waals surface area contributed by atoms with Crippen LogP contribution in [0.2, 0.25) is 0 Å². The minimum atomic E-state index is 0.0240. The maximum Gasteiger partial charge on any atom is 0.295 e. The highest BCUT2D eigenvalue weighted by Gasteiger charge is 2.32. The van der Waals surface area contributed by atoms with Gasteiger partial charge in [0, 0.05) is 16.5 Å². The van der Waals surface area contributed by atoms with Crippen LogP contribution in [0.15, 0.2) is 78.9 Å². The van der Waals surface area contributed by atoms with Crippen LogP contribution in [0.1, 0.15) is 82.0 Å². The lowest BCUT2D eigenvalue weighted by Gasteiger charge is -2.21. The molecule has 6 rings (SSSR count). The van der Waals surface area contributed by atoms with E-state index in [9.17, 15) is 0 Å². The summed E-state index contributed by atoms with van der Waals surface area (Å²) in [6.45, 7) is 18.3. The third kappa shape index (κ3) is 4.76. The molecule has 0 aliphatic heterocycles. The van der Waals surface area contributed by atoms with Crippen LogP contribution in [-0.2, 0) is 12.5 Å². The molecule has 0 radical (unpaired) electrons. The number of nitrogens with zero attached hydrogens (tertiary/aromatic N) is 3. The summed E-state index contributed by atoms with van der Waals surface area (Å²) in [6, 6.07) is 29.1. The summed E-state index contributed by atoms with van der Waals surface area (Å²) in [5.74, 6) is 1.90. The van der Waals surface area contributed by atoms with Crippen LogP contribution in [0.3, 0.4) is 0 Å². The van der Waals surface area contributed by atoms with Gasteiger partial charge in [-0.2, -0.15) is 4.57 Å². The number of benzene rings is 4. The summed E-state index contributed by atoms with van der Waals surface area (Å²) in [6.07, 6.45) is 0. The number of para-hydroxylation sites is 2. The van der Waals surface area contributed by atoms with Gasteiger partial charge in [0.15, 0.2) is 11.0 Å². The maximum absolute atomic E-state index is 5.04. The lowest BCUT2D eigenvalue weighted by Crippen LogP contribution is -2.30. The lowest BCUT2D eigenvalue weighted by molar-refractivity contribution is -0.633. The van der Waals surface area contributed by atoms with Crippen molar-refractivity contribution in [2.24, 2.45) is 7.05 Å².